The predicted molar refractivity (Wildman–Crippen MR) is 61.1 cm³/mol. The van der Waals surface area contributed by atoms with E-state index < -0.39 is 12.1 Å². The van der Waals surface area contributed by atoms with Crippen molar-refractivity contribution in [3.05, 3.63) is 23.8 Å². The number of nitrogens with one attached hydrogen (secondary N) is 1. The second-order valence-corrected chi connectivity index (χ2v) is 3.97. The number of carboxylic acid groups (broad SMARTS) is 1. The number of fused-ring (bicyclic) bond motifs is 1. The van der Waals surface area contributed by atoms with Crippen molar-refractivity contribution in [2.24, 2.45) is 0 Å². The van der Waals surface area contributed by atoms with Crippen molar-refractivity contribution in [2.45, 2.75) is 25.9 Å². The molecule has 0 radical (unpaired) electrons. The van der Waals surface area contributed by atoms with E-state index >= 15 is 0 Å². The van der Waals surface area contributed by atoms with E-state index in [1.54, 1.807) is 12.1 Å². The van der Waals surface area contributed by atoms with E-state index in [1.165, 1.54) is 6.92 Å². The van der Waals surface area contributed by atoms with Gasteiger partial charge in [-0.15, -0.1) is 0 Å². The molecule has 0 spiro atoms. The lowest BCUT2D eigenvalue weighted by molar-refractivity contribution is -0.144. The number of hydrogen-bond acceptors (Lipinski definition) is 3. The van der Waals surface area contributed by atoms with Crippen LogP contribution in [0.25, 0.3) is 0 Å². The molecule has 0 saturated heterocycles. The minimum Gasteiger partial charge on any atom is -0.479 e. The first-order chi connectivity index (χ1) is 8.06. The fourth-order valence-electron chi connectivity index (χ4n) is 1.68. The van der Waals surface area contributed by atoms with Crippen LogP contribution in [0.1, 0.15) is 18.9 Å². The molecular weight excluding hydrogens is 222 g/mol. The minimum atomic E-state index is -1.02. The monoisotopic (exact) mass is 235 g/mol. The molecular formula is C12H13NO4. The molecule has 5 nitrogen and oxygen atoms in total. The van der Waals surface area contributed by atoms with Crippen molar-refractivity contribution < 1.29 is 19.4 Å². The summed E-state index contributed by atoms with van der Waals surface area (Å²) in [6, 6.07) is 5.22. The highest BCUT2D eigenvalue weighted by Gasteiger charge is 2.17. The average molecular weight is 235 g/mol. The second-order valence-electron chi connectivity index (χ2n) is 3.97. The van der Waals surface area contributed by atoms with E-state index in [0.29, 0.717) is 24.3 Å². The Kier molecular flexibility index (Phi) is 2.99. The normalized spacial score (nSPS) is 15.7. The van der Waals surface area contributed by atoms with Gasteiger partial charge in [-0.3, -0.25) is 4.79 Å². The first-order valence-corrected chi connectivity index (χ1v) is 5.38. The molecule has 2 rings (SSSR count). The van der Waals surface area contributed by atoms with Crippen molar-refractivity contribution in [1.29, 1.82) is 0 Å². The number of carboxylic acids is 1. The summed E-state index contributed by atoms with van der Waals surface area (Å²) in [5.74, 6) is -0.603. The Morgan fingerprint density at radius 1 is 1.47 bits per heavy atom. The number of ether oxygens (including phenoxy) is 1. The zero-order valence-corrected chi connectivity index (χ0v) is 9.40. The molecule has 2 N–H and O–H groups in total. The SMILES string of the molecule is C[C@@H](Oc1ccc2c(c1)NC(=O)CC2)C(=O)O. The van der Waals surface area contributed by atoms with Crippen LogP contribution in [0.3, 0.4) is 0 Å². The Bertz CT molecular complexity index is 470. The van der Waals surface area contributed by atoms with Crippen LogP contribution in [0.15, 0.2) is 18.2 Å². The quantitative estimate of drug-likeness (QED) is 0.830. The summed E-state index contributed by atoms with van der Waals surface area (Å²) < 4.78 is 5.23. The molecule has 1 aliphatic heterocycles. The van der Waals surface area contributed by atoms with Crippen molar-refractivity contribution in [1.82, 2.24) is 0 Å². The molecule has 0 aliphatic carbocycles. The summed E-state index contributed by atoms with van der Waals surface area (Å²) in [5, 5.41) is 11.5. The third kappa shape index (κ3) is 2.55. The van der Waals surface area contributed by atoms with Crippen LogP contribution in [-0.2, 0) is 16.0 Å². The lowest BCUT2D eigenvalue weighted by atomic mass is 10.0. The number of hydrogen-bond donors (Lipinski definition) is 2. The Labute approximate surface area is 98.4 Å². The van der Waals surface area contributed by atoms with Gasteiger partial charge in [-0.2, -0.15) is 0 Å². The Hall–Kier alpha value is -2.04. The summed E-state index contributed by atoms with van der Waals surface area (Å²) in [7, 11) is 0. The molecule has 1 atom stereocenters. The standard InChI is InChI=1S/C12H13NO4/c1-7(12(15)16)17-9-4-2-8-3-5-11(14)13-10(8)6-9/h2,4,6-7H,3,5H2,1H3,(H,13,14)(H,15,16)/t7-/m1/s1. The average Bonchev–Trinajstić information content (AvgIpc) is 2.28. The van der Waals surface area contributed by atoms with E-state index in [1.807, 2.05) is 6.07 Å². The number of amides is 1. The Balaban J connectivity index is 2.18. The molecule has 17 heavy (non-hydrogen) atoms. The molecule has 1 aromatic rings. The molecule has 0 aromatic heterocycles. The molecule has 0 bridgehead atoms. The summed E-state index contributed by atoms with van der Waals surface area (Å²) in [5.41, 5.74) is 1.75. The molecule has 90 valence electrons. The van der Waals surface area contributed by atoms with Crippen LogP contribution in [0, 0.1) is 0 Å². The minimum absolute atomic E-state index is 0.0269. The third-order valence-electron chi connectivity index (χ3n) is 2.64. The van der Waals surface area contributed by atoms with Gasteiger partial charge in [-0.1, -0.05) is 6.07 Å². The van der Waals surface area contributed by atoms with Gasteiger partial charge in [0.2, 0.25) is 5.91 Å². The highest BCUT2D eigenvalue weighted by atomic mass is 16.5. The van der Waals surface area contributed by atoms with Crippen molar-refractivity contribution >= 4 is 17.6 Å². The van der Waals surface area contributed by atoms with Crippen molar-refractivity contribution in [2.75, 3.05) is 5.32 Å². The molecule has 5 heteroatoms. The summed E-state index contributed by atoms with van der Waals surface area (Å²) in [6.45, 7) is 1.46. The third-order valence-corrected chi connectivity index (χ3v) is 2.64. The second kappa shape index (κ2) is 4.45. The number of carbonyl (C=O) groups excluding carboxylic acids is 1. The largest absolute Gasteiger partial charge is 0.479 e. The van der Waals surface area contributed by atoms with Gasteiger partial charge in [-0.25, -0.2) is 4.79 Å². The number of benzene rings is 1. The molecule has 0 unspecified atom stereocenters. The van der Waals surface area contributed by atoms with Gasteiger partial charge in [-0.05, 0) is 25.0 Å². The van der Waals surface area contributed by atoms with E-state index in [-0.39, 0.29) is 5.91 Å². The maximum atomic E-state index is 11.2. The number of aryl methyl sites for hydroxylation is 1. The fraction of sp³-hybridized carbons (Fsp3) is 0.333. The topological polar surface area (TPSA) is 75.6 Å². The van der Waals surface area contributed by atoms with Crippen molar-refractivity contribution in [3.8, 4) is 5.75 Å². The predicted octanol–water partition coefficient (Wildman–Crippen LogP) is 1.42. The van der Waals surface area contributed by atoms with E-state index in [4.69, 9.17) is 9.84 Å². The summed E-state index contributed by atoms with van der Waals surface area (Å²) >= 11 is 0. The highest BCUT2D eigenvalue weighted by molar-refractivity contribution is 5.94. The fourth-order valence-corrected chi connectivity index (χ4v) is 1.68. The van der Waals surface area contributed by atoms with Gasteiger partial charge in [0, 0.05) is 18.2 Å². The first-order valence-electron chi connectivity index (χ1n) is 5.38. The molecule has 1 heterocycles. The smallest absolute Gasteiger partial charge is 0.344 e. The van der Waals surface area contributed by atoms with Gasteiger partial charge >= 0.3 is 5.97 Å². The number of carbonyl (C=O) groups is 2. The van der Waals surface area contributed by atoms with Crippen LogP contribution in [0.5, 0.6) is 5.75 Å². The van der Waals surface area contributed by atoms with Gasteiger partial charge in [0.1, 0.15) is 5.75 Å². The lowest BCUT2D eigenvalue weighted by Gasteiger charge is -2.18. The number of aliphatic carboxylic acids is 1. The van der Waals surface area contributed by atoms with Crippen LogP contribution in [-0.4, -0.2) is 23.1 Å². The maximum absolute atomic E-state index is 11.2. The van der Waals surface area contributed by atoms with E-state index in [0.717, 1.165) is 5.56 Å². The highest BCUT2D eigenvalue weighted by Crippen LogP contribution is 2.27. The van der Waals surface area contributed by atoms with Crippen molar-refractivity contribution in [3.63, 3.8) is 0 Å². The first kappa shape index (κ1) is 11.4. The number of anilines is 1. The lowest BCUT2D eigenvalue weighted by Crippen LogP contribution is -2.23. The van der Waals surface area contributed by atoms with Gasteiger partial charge in [0.05, 0.1) is 0 Å². The van der Waals surface area contributed by atoms with Gasteiger partial charge in [0.15, 0.2) is 6.10 Å². The molecule has 1 amide bonds. The molecule has 0 fully saturated rings. The van der Waals surface area contributed by atoms with E-state index in [9.17, 15) is 9.59 Å². The Morgan fingerprint density at radius 3 is 2.94 bits per heavy atom. The molecule has 1 aliphatic rings. The van der Waals surface area contributed by atoms with Crippen LogP contribution in [0.2, 0.25) is 0 Å². The summed E-state index contributed by atoms with van der Waals surface area (Å²) in [6.07, 6.45) is 0.279. The zero-order chi connectivity index (χ0) is 12.4. The Morgan fingerprint density at radius 2 is 2.24 bits per heavy atom. The van der Waals surface area contributed by atoms with Gasteiger partial charge in [0.25, 0.3) is 0 Å². The van der Waals surface area contributed by atoms with Gasteiger partial charge < -0.3 is 15.2 Å². The van der Waals surface area contributed by atoms with E-state index in [2.05, 4.69) is 5.32 Å². The zero-order valence-electron chi connectivity index (χ0n) is 9.40. The van der Waals surface area contributed by atoms with Crippen LogP contribution < -0.4 is 10.1 Å². The summed E-state index contributed by atoms with van der Waals surface area (Å²) in [4.78, 5) is 21.9. The molecule has 1 aromatic carbocycles. The van der Waals surface area contributed by atoms with Crippen LogP contribution in [0.4, 0.5) is 5.69 Å². The maximum Gasteiger partial charge on any atom is 0.344 e. The number of rotatable bonds is 3. The molecule has 0 saturated carbocycles. The van der Waals surface area contributed by atoms with Crippen LogP contribution >= 0.6 is 0 Å².